The van der Waals surface area contributed by atoms with Crippen LogP contribution in [0.5, 0.6) is 0 Å². The predicted octanol–water partition coefficient (Wildman–Crippen LogP) is 2.94. The van der Waals surface area contributed by atoms with Gasteiger partial charge in [-0.25, -0.2) is 4.39 Å². The van der Waals surface area contributed by atoms with Gasteiger partial charge in [-0.3, -0.25) is 4.68 Å². The molecule has 0 spiro atoms. The Kier molecular flexibility index (Phi) is 2.99. The van der Waals surface area contributed by atoms with Crippen molar-refractivity contribution in [1.82, 2.24) is 9.78 Å². The molecule has 1 heterocycles. The molecule has 2 nitrogen and oxygen atoms in total. The van der Waals surface area contributed by atoms with E-state index >= 15 is 0 Å². The second-order valence-electron chi connectivity index (χ2n) is 4.02. The topological polar surface area (TPSA) is 17.8 Å². The zero-order chi connectivity index (χ0) is 10.2. The molecule has 0 radical (unpaired) electrons. The van der Waals surface area contributed by atoms with Crippen LogP contribution in [0.15, 0.2) is 0 Å². The number of nitrogens with zero attached hydrogens (tertiary/aromatic N) is 2. The van der Waals surface area contributed by atoms with E-state index in [2.05, 4.69) is 5.10 Å². The molecule has 0 aromatic carbocycles. The lowest BCUT2D eigenvalue weighted by molar-refractivity contribution is 0.505. The third kappa shape index (κ3) is 2.03. The second-order valence-corrected chi connectivity index (χ2v) is 5.04. The molecule has 1 aromatic heterocycles. The molecule has 0 bridgehead atoms. The van der Waals surface area contributed by atoms with Gasteiger partial charge < -0.3 is 0 Å². The molecule has 4 heteroatoms. The number of hydrogen-bond acceptors (Lipinski definition) is 1. The van der Waals surface area contributed by atoms with Gasteiger partial charge in [0.25, 0.3) is 0 Å². The van der Waals surface area contributed by atoms with Gasteiger partial charge in [0.05, 0.1) is 0 Å². The Bertz CT molecular complexity index is 312. The number of halogens is 2. The van der Waals surface area contributed by atoms with E-state index in [4.69, 9.17) is 0 Å². The quantitative estimate of drug-likeness (QED) is 0.729. The SMILES string of the molecule is CCn1nc(C(C)(C)C)c(F)c1I. The highest BCUT2D eigenvalue weighted by Gasteiger charge is 2.25. The van der Waals surface area contributed by atoms with Crippen molar-refractivity contribution in [2.45, 2.75) is 39.7 Å². The molecule has 0 atom stereocenters. The van der Waals surface area contributed by atoms with Crippen LogP contribution in [-0.2, 0) is 12.0 Å². The van der Waals surface area contributed by atoms with E-state index in [1.807, 2.05) is 50.3 Å². The van der Waals surface area contributed by atoms with Gasteiger partial charge in [0.2, 0.25) is 0 Å². The van der Waals surface area contributed by atoms with Crippen molar-refractivity contribution >= 4 is 22.6 Å². The number of aryl methyl sites for hydroxylation is 1. The third-order valence-electron chi connectivity index (χ3n) is 1.85. The first kappa shape index (κ1) is 10.9. The molecule has 0 amide bonds. The first-order chi connectivity index (χ1) is 5.88. The average Bonchev–Trinajstić information content (AvgIpc) is 2.28. The second kappa shape index (κ2) is 3.55. The Hall–Kier alpha value is -0.130. The summed E-state index contributed by atoms with van der Waals surface area (Å²) in [5, 5.41) is 4.23. The summed E-state index contributed by atoms with van der Waals surface area (Å²) in [6.07, 6.45) is 0. The molecule has 0 saturated heterocycles. The Morgan fingerprint density at radius 1 is 1.46 bits per heavy atom. The van der Waals surface area contributed by atoms with Crippen LogP contribution >= 0.6 is 22.6 Å². The molecule has 0 unspecified atom stereocenters. The molecular formula is C9H14FIN2. The zero-order valence-corrected chi connectivity index (χ0v) is 10.5. The van der Waals surface area contributed by atoms with E-state index in [9.17, 15) is 4.39 Å². The van der Waals surface area contributed by atoms with Crippen LogP contribution in [0.25, 0.3) is 0 Å². The van der Waals surface area contributed by atoms with Gasteiger partial charge in [-0.2, -0.15) is 5.10 Å². The smallest absolute Gasteiger partial charge is 0.178 e. The van der Waals surface area contributed by atoms with Gasteiger partial charge >= 0.3 is 0 Å². The summed E-state index contributed by atoms with van der Waals surface area (Å²) in [7, 11) is 0. The van der Waals surface area contributed by atoms with Crippen molar-refractivity contribution in [2.75, 3.05) is 0 Å². The van der Waals surface area contributed by atoms with Crippen molar-refractivity contribution in [3.05, 3.63) is 15.2 Å². The summed E-state index contributed by atoms with van der Waals surface area (Å²) < 4.78 is 15.9. The van der Waals surface area contributed by atoms with Crippen LogP contribution in [0, 0.1) is 9.52 Å². The van der Waals surface area contributed by atoms with Crippen LogP contribution in [0.3, 0.4) is 0 Å². The highest BCUT2D eigenvalue weighted by atomic mass is 127. The molecule has 0 N–H and O–H groups in total. The van der Waals surface area contributed by atoms with Gasteiger partial charge in [-0.1, -0.05) is 20.8 Å². The first-order valence-electron chi connectivity index (χ1n) is 4.30. The van der Waals surface area contributed by atoms with Crippen LogP contribution < -0.4 is 0 Å². The van der Waals surface area contributed by atoms with E-state index in [-0.39, 0.29) is 11.2 Å². The summed E-state index contributed by atoms with van der Waals surface area (Å²) in [6, 6.07) is 0. The highest BCUT2D eigenvalue weighted by molar-refractivity contribution is 14.1. The average molecular weight is 296 g/mol. The monoisotopic (exact) mass is 296 g/mol. The van der Waals surface area contributed by atoms with Crippen LogP contribution in [-0.4, -0.2) is 9.78 Å². The van der Waals surface area contributed by atoms with E-state index in [1.54, 1.807) is 4.68 Å². The highest BCUT2D eigenvalue weighted by Crippen LogP contribution is 2.26. The molecule has 74 valence electrons. The Labute approximate surface area is 91.7 Å². The Balaban J connectivity index is 3.25. The van der Waals surface area contributed by atoms with E-state index < -0.39 is 0 Å². The van der Waals surface area contributed by atoms with Crippen LogP contribution in [0.2, 0.25) is 0 Å². The standard InChI is InChI=1S/C9H14FIN2/c1-5-13-8(11)6(10)7(12-13)9(2,3)4/h5H2,1-4H3. The lowest BCUT2D eigenvalue weighted by Gasteiger charge is -2.14. The molecule has 1 rings (SSSR count). The van der Waals surface area contributed by atoms with Crippen molar-refractivity contribution < 1.29 is 4.39 Å². The van der Waals surface area contributed by atoms with Gasteiger partial charge in [0.15, 0.2) is 5.82 Å². The molecular weight excluding hydrogens is 282 g/mol. The minimum atomic E-state index is -0.218. The summed E-state index contributed by atoms with van der Waals surface area (Å²) >= 11 is 1.99. The van der Waals surface area contributed by atoms with Gasteiger partial charge in [-0.05, 0) is 29.5 Å². The zero-order valence-electron chi connectivity index (χ0n) is 8.36. The predicted molar refractivity (Wildman–Crippen MR) is 59.3 cm³/mol. The molecule has 1 aromatic rings. The maximum Gasteiger partial charge on any atom is 0.178 e. The van der Waals surface area contributed by atoms with Crippen molar-refractivity contribution in [3.63, 3.8) is 0 Å². The summed E-state index contributed by atoms with van der Waals surface area (Å²) in [4.78, 5) is 0. The fourth-order valence-corrected chi connectivity index (χ4v) is 1.81. The maximum atomic E-state index is 13.6. The van der Waals surface area contributed by atoms with Gasteiger partial charge in [0, 0.05) is 12.0 Å². The fraction of sp³-hybridized carbons (Fsp3) is 0.667. The van der Waals surface area contributed by atoms with Crippen molar-refractivity contribution in [3.8, 4) is 0 Å². The maximum absolute atomic E-state index is 13.6. The Morgan fingerprint density at radius 3 is 2.23 bits per heavy atom. The van der Waals surface area contributed by atoms with E-state index in [1.165, 1.54) is 0 Å². The van der Waals surface area contributed by atoms with Crippen LogP contribution in [0.4, 0.5) is 4.39 Å². The molecule has 0 saturated carbocycles. The van der Waals surface area contributed by atoms with E-state index in [0.717, 1.165) is 0 Å². The van der Waals surface area contributed by atoms with Crippen molar-refractivity contribution in [1.29, 1.82) is 0 Å². The summed E-state index contributed by atoms with van der Waals surface area (Å²) in [5.41, 5.74) is 0.337. The van der Waals surface area contributed by atoms with Crippen LogP contribution in [0.1, 0.15) is 33.4 Å². The Morgan fingerprint density at radius 2 is 2.00 bits per heavy atom. The minimum absolute atomic E-state index is 0.171. The number of rotatable bonds is 1. The molecule has 0 fully saturated rings. The summed E-state index contributed by atoms with van der Waals surface area (Å²) in [6.45, 7) is 8.57. The van der Waals surface area contributed by atoms with Gasteiger partial charge in [0.1, 0.15) is 9.39 Å². The minimum Gasteiger partial charge on any atom is -0.256 e. The first-order valence-corrected chi connectivity index (χ1v) is 5.38. The fourth-order valence-electron chi connectivity index (χ4n) is 1.11. The number of aromatic nitrogens is 2. The largest absolute Gasteiger partial charge is 0.256 e. The number of hydrogen-bond donors (Lipinski definition) is 0. The lowest BCUT2D eigenvalue weighted by Crippen LogP contribution is -2.14. The molecule has 0 aliphatic carbocycles. The summed E-state index contributed by atoms with van der Waals surface area (Å²) in [5.74, 6) is -0.171. The third-order valence-corrected chi connectivity index (χ3v) is 2.88. The normalized spacial score (nSPS) is 12.2. The molecule has 0 aliphatic heterocycles. The lowest BCUT2D eigenvalue weighted by atomic mass is 9.92. The van der Waals surface area contributed by atoms with Crippen molar-refractivity contribution in [2.24, 2.45) is 0 Å². The molecule has 0 aliphatic rings. The van der Waals surface area contributed by atoms with Gasteiger partial charge in [-0.15, -0.1) is 0 Å². The van der Waals surface area contributed by atoms with E-state index in [0.29, 0.717) is 15.9 Å². The molecule has 13 heavy (non-hydrogen) atoms.